The van der Waals surface area contributed by atoms with Gasteiger partial charge < -0.3 is 10.2 Å². The molecule has 198 valence electrons. The predicted molar refractivity (Wildman–Crippen MR) is 156 cm³/mol. The minimum atomic E-state index is -0.226. The zero-order valence-electron chi connectivity index (χ0n) is 22.8. The number of carbonyl (C=O) groups excluding carboxylic acids is 2. The molecule has 0 heterocycles. The number of Topliss-reactive ketones (excluding diaryl/α,β-unsaturated/α-hetero) is 1. The van der Waals surface area contributed by atoms with E-state index in [4.69, 9.17) is 11.6 Å². The van der Waals surface area contributed by atoms with Crippen LogP contribution >= 0.6 is 11.6 Å². The molecule has 3 aromatic rings. The summed E-state index contributed by atoms with van der Waals surface area (Å²) >= 11 is 6.37. The van der Waals surface area contributed by atoms with Crippen molar-refractivity contribution in [3.05, 3.63) is 117 Å². The van der Waals surface area contributed by atoms with Crippen LogP contribution in [-0.4, -0.2) is 42.8 Å². The Morgan fingerprint density at radius 3 is 2.39 bits per heavy atom. The first-order valence-electron chi connectivity index (χ1n) is 13.4. The van der Waals surface area contributed by atoms with Gasteiger partial charge in [-0.25, -0.2) is 0 Å². The summed E-state index contributed by atoms with van der Waals surface area (Å²) in [7, 11) is 1.92. The second kappa shape index (κ2) is 12.6. The molecule has 4 nitrogen and oxygen atoms in total. The van der Waals surface area contributed by atoms with Crippen molar-refractivity contribution in [2.24, 2.45) is 5.92 Å². The number of allylic oxidation sites excluding steroid dienone is 1. The van der Waals surface area contributed by atoms with Gasteiger partial charge in [0.25, 0.3) is 5.91 Å². The molecule has 0 saturated heterocycles. The quantitative estimate of drug-likeness (QED) is 0.298. The number of rotatable bonds is 10. The van der Waals surface area contributed by atoms with Crippen LogP contribution in [-0.2, 0) is 12.8 Å². The van der Waals surface area contributed by atoms with Crippen molar-refractivity contribution < 1.29 is 9.59 Å². The number of benzene rings is 3. The summed E-state index contributed by atoms with van der Waals surface area (Å²) in [6, 6.07) is 23.2. The number of ketones is 1. The normalized spacial score (nSPS) is 14.0. The Morgan fingerprint density at radius 1 is 1.03 bits per heavy atom. The van der Waals surface area contributed by atoms with Crippen LogP contribution in [0.2, 0.25) is 5.02 Å². The molecule has 0 radical (unpaired) electrons. The van der Waals surface area contributed by atoms with Gasteiger partial charge in [-0.3, -0.25) is 9.59 Å². The zero-order valence-corrected chi connectivity index (χ0v) is 23.5. The van der Waals surface area contributed by atoms with Crippen LogP contribution in [0.1, 0.15) is 57.7 Å². The van der Waals surface area contributed by atoms with Crippen LogP contribution in [0.5, 0.6) is 0 Å². The van der Waals surface area contributed by atoms with Gasteiger partial charge in [-0.1, -0.05) is 73.5 Å². The summed E-state index contributed by atoms with van der Waals surface area (Å²) in [6.45, 7) is 7.70. The van der Waals surface area contributed by atoms with Crippen LogP contribution in [0, 0.1) is 12.8 Å². The third-order valence-electron chi connectivity index (χ3n) is 7.29. The summed E-state index contributed by atoms with van der Waals surface area (Å²) in [6.07, 6.45) is 1.94. The fraction of sp³-hybridized carbons (Fsp3) is 0.333. The minimum absolute atomic E-state index is 0.00398. The van der Waals surface area contributed by atoms with Crippen LogP contribution in [0.4, 0.5) is 0 Å². The fourth-order valence-electron chi connectivity index (χ4n) is 5.43. The highest BCUT2D eigenvalue weighted by atomic mass is 35.5. The van der Waals surface area contributed by atoms with Crippen molar-refractivity contribution >= 4 is 23.3 Å². The van der Waals surface area contributed by atoms with E-state index in [-0.39, 0.29) is 23.7 Å². The van der Waals surface area contributed by atoms with Crippen molar-refractivity contribution in [2.45, 2.75) is 46.1 Å². The Bertz CT molecular complexity index is 1310. The van der Waals surface area contributed by atoms with Gasteiger partial charge in [0.2, 0.25) is 0 Å². The average Bonchev–Trinajstić information content (AvgIpc) is 2.90. The lowest BCUT2D eigenvalue weighted by atomic mass is 9.77. The Morgan fingerprint density at radius 2 is 1.74 bits per heavy atom. The van der Waals surface area contributed by atoms with Crippen molar-refractivity contribution in [3.63, 3.8) is 0 Å². The van der Waals surface area contributed by atoms with E-state index in [1.807, 2.05) is 73.5 Å². The first-order chi connectivity index (χ1) is 18.3. The molecule has 5 heteroatoms. The van der Waals surface area contributed by atoms with Gasteiger partial charge in [0.1, 0.15) is 0 Å². The molecule has 0 saturated carbocycles. The monoisotopic (exact) mass is 528 g/mol. The number of hydrogen-bond acceptors (Lipinski definition) is 3. The topological polar surface area (TPSA) is 49.4 Å². The molecule has 0 aromatic heterocycles. The first-order valence-corrected chi connectivity index (χ1v) is 13.8. The molecule has 1 atom stereocenters. The second-order valence-electron chi connectivity index (χ2n) is 10.5. The van der Waals surface area contributed by atoms with Crippen LogP contribution in [0.3, 0.4) is 0 Å². The van der Waals surface area contributed by atoms with E-state index in [1.165, 1.54) is 0 Å². The van der Waals surface area contributed by atoms with Gasteiger partial charge >= 0.3 is 0 Å². The standard InChI is InChI=1S/C33H37ClN2O2/c1-22(2)31(36(18-8-17-35-4)33(38)25-13-11-23(3)12-14-25)29-21-26-20-27(34)15-16-28(26)32(37)30(29)19-24-9-6-5-7-10-24/h5-7,9-16,20,22,31,35H,8,17-19,21H2,1-4H3. The predicted octanol–water partition coefficient (Wildman–Crippen LogP) is 6.70. The highest BCUT2D eigenvalue weighted by Gasteiger charge is 2.36. The van der Waals surface area contributed by atoms with Crippen LogP contribution in [0.25, 0.3) is 0 Å². The molecule has 1 amide bonds. The van der Waals surface area contributed by atoms with Crippen LogP contribution < -0.4 is 5.32 Å². The lowest BCUT2D eigenvalue weighted by molar-refractivity contribution is 0.0656. The maximum atomic E-state index is 14.1. The highest BCUT2D eigenvalue weighted by Crippen LogP contribution is 2.36. The zero-order chi connectivity index (χ0) is 27.2. The minimum Gasteiger partial charge on any atom is -0.332 e. The molecule has 1 aliphatic rings. The molecule has 1 N–H and O–H groups in total. The molecule has 0 spiro atoms. The lowest BCUT2D eigenvalue weighted by Crippen LogP contribution is -2.47. The molecule has 0 fully saturated rings. The maximum Gasteiger partial charge on any atom is 0.254 e. The Balaban J connectivity index is 1.85. The highest BCUT2D eigenvalue weighted by molar-refractivity contribution is 6.31. The van der Waals surface area contributed by atoms with E-state index < -0.39 is 0 Å². The van der Waals surface area contributed by atoms with E-state index in [0.29, 0.717) is 35.5 Å². The number of aryl methyl sites for hydroxylation is 1. The molecule has 38 heavy (non-hydrogen) atoms. The molecule has 1 unspecified atom stereocenters. The number of nitrogens with one attached hydrogen (secondary N) is 1. The Kier molecular flexibility index (Phi) is 9.19. The Labute approximate surface area is 231 Å². The van der Waals surface area contributed by atoms with Gasteiger partial charge in [-0.05, 0) is 86.3 Å². The fourth-order valence-corrected chi connectivity index (χ4v) is 5.63. The number of amides is 1. The van der Waals surface area contributed by atoms with Gasteiger partial charge in [-0.2, -0.15) is 0 Å². The van der Waals surface area contributed by atoms with E-state index in [0.717, 1.165) is 40.8 Å². The first kappa shape index (κ1) is 27.8. The van der Waals surface area contributed by atoms with E-state index >= 15 is 0 Å². The number of carbonyl (C=O) groups is 2. The summed E-state index contributed by atoms with van der Waals surface area (Å²) in [5, 5.41) is 3.82. The summed E-state index contributed by atoms with van der Waals surface area (Å²) in [5.41, 5.74) is 6.31. The van der Waals surface area contributed by atoms with Gasteiger partial charge in [-0.15, -0.1) is 0 Å². The molecule has 1 aliphatic carbocycles. The van der Waals surface area contributed by atoms with E-state index in [9.17, 15) is 9.59 Å². The van der Waals surface area contributed by atoms with E-state index in [2.05, 4.69) is 31.3 Å². The van der Waals surface area contributed by atoms with Crippen LogP contribution in [0.15, 0.2) is 83.9 Å². The summed E-state index contributed by atoms with van der Waals surface area (Å²) < 4.78 is 0. The van der Waals surface area contributed by atoms with Crippen molar-refractivity contribution in [1.29, 1.82) is 0 Å². The SMILES string of the molecule is CNCCCN(C(=O)c1ccc(C)cc1)C(C1=C(Cc2ccccc2)C(=O)c2ccc(Cl)cc2C1)C(C)C. The van der Waals surface area contributed by atoms with Gasteiger partial charge in [0, 0.05) is 34.7 Å². The smallest absolute Gasteiger partial charge is 0.254 e. The number of nitrogens with zero attached hydrogens (tertiary/aromatic N) is 1. The Hall–Kier alpha value is -3.21. The van der Waals surface area contributed by atoms with E-state index in [1.54, 1.807) is 6.07 Å². The third kappa shape index (κ3) is 6.25. The molecular formula is C33H37ClN2O2. The summed E-state index contributed by atoms with van der Waals surface area (Å²) in [5.74, 6) is 0.134. The number of fused-ring (bicyclic) bond motifs is 1. The number of halogens is 1. The van der Waals surface area contributed by atoms with Crippen molar-refractivity contribution in [1.82, 2.24) is 10.2 Å². The number of hydrogen-bond donors (Lipinski definition) is 1. The third-order valence-corrected chi connectivity index (χ3v) is 7.52. The average molecular weight is 529 g/mol. The maximum absolute atomic E-state index is 14.1. The second-order valence-corrected chi connectivity index (χ2v) is 10.9. The lowest BCUT2D eigenvalue weighted by Gasteiger charge is -2.39. The largest absolute Gasteiger partial charge is 0.332 e. The molecular weight excluding hydrogens is 492 g/mol. The van der Waals surface area contributed by atoms with Crippen molar-refractivity contribution in [2.75, 3.05) is 20.1 Å². The summed E-state index contributed by atoms with van der Waals surface area (Å²) in [4.78, 5) is 30.1. The molecule has 4 rings (SSSR count). The molecule has 3 aromatic carbocycles. The molecule has 0 aliphatic heterocycles. The molecule has 0 bridgehead atoms. The van der Waals surface area contributed by atoms with Crippen molar-refractivity contribution in [3.8, 4) is 0 Å². The van der Waals surface area contributed by atoms with Gasteiger partial charge in [0.05, 0.1) is 6.04 Å². The van der Waals surface area contributed by atoms with Gasteiger partial charge in [0.15, 0.2) is 5.78 Å².